The molecule has 0 heterocycles. The lowest BCUT2D eigenvalue weighted by molar-refractivity contribution is 0.441. The summed E-state index contributed by atoms with van der Waals surface area (Å²) in [5.41, 5.74) is 6.36. The molecule has 0 radical (unpaired) electrons. The van der Waals surface area contributed by atoms with Gasteiger partial charge in [-0.2, -0.15) is 0 Å². The minimum Gasteiger partial charge on any atom is -0.453 e. The Labute approximate surface area is 131 Å². The van der Waals surface area contributed by atoms with Crippen LogP contribution in [0.4, 0.5) is 4.39 Å². The smallest absolute Gasteiger partial charge is 0.166 e. The second kappa shape index (κ2) is 6.19. The van der Waals surface area contributed by atoms with E-state index >= 15 is 0 Å². The van der Waals surface area contributed by atoms with Gasteiger partial charge in [-0.3, -0.25) is 0 Å². The predicted octanol–water partition coefficient (Wildman–Crippen LogP) is 5.60. The van der Waals surface area contributed by atoms with Crippen molar-refractivity contribution in [2.45, 2.75) is 13.0 Å². The summed E-state index contributed by atoms with van der Waals surface area (Å²) in [5, 5.41) is 0.825. The van der Waals surface area contributed by atoms with Crippen LogP contribution in [0.2, 0.25) is 15.1 Å². The third-order valence-corrected chi connectivity index (χ3v) is 3.69. The summed E-state index contributed by atoms with van der Waals surface area (Å²) in [6, 6.07) is 7.12. The van der Waals surface area contributed by atoms with Gasteiger partial charge >= 0.3 is 0 Å². The van der Waals surface area contributed by atoms with E-state index in [4.69, 9.17) is 45.3 Å². The third kappa shape index (κ3) is 3.36. The maximum absolute atomic E-state index is 13.9. The molecular formula is C14H11Cl3FNO. The van der Waals surface area contributed by atoms with Crippen LogP contribution in [0, 0.1) is 5.82 Å². The molecule has 2 aromatic rings. The Balaban J connectivity index is 2.33. The van der Waals surface area contributed by atoms with Crippen LogP contribution in [-0.2, 0) is 0 Å². The summed E-state index contributed by atoms with van der Waals surface area (Å²) in [4.78, 5) is 0. The quantitative estimate of drug-likeness (QED) is 0.742. The highest BCUT2D eigenvalue weighted by molar-refractivity contribution is 6.43. The molecule has 2 aromatic carbocycles. The Morgan fingerprint density at radius 3 is 2.25 bits per heavy atom. The summed E-state index contributed by atoms with van der Waals surface area (Å²) < 4.78 is 19.3. The zero-order valence-electron chi connectivity index (χ0n) is 10.5. The van der Waals surface area contributed by atoms with Gasteiger partial charge in [0.05, 0.1) is 15.1 Å². The lowest BCUT2D eigenvalue weighted by Gasteiger charge is -2.12. The van der Waals surface area contributed by atoms with Crippen molar-refractivity contribution in [1.29, 1.82) is 0 Å². The normalized spacial score (nSPS) is 12.3. The Morgan fingerprint density at radius 1 is 1.00 bits per heavy atom. The Kier molecular flexibility index (Phi) is 4.76. The van der Waals surface area contributed by atoms with E-state index in [1.165, 1.54) is 24.3 Å². The Hall–Kier alpha value is -1.000. The minimum absolute atomic E-state index is 0.0367. The molecule has 1 atom stereocenters. The first-order chi connectivity index (χ1) is 9.38. The molecule has 6 heteroatoms. The van der Waals surface area contributed by atoms with Crippen LogP contribution in [0.5, 0.6) is 11.5 Å². The van der Waals surface area contributed by atoms with Crippen molar-refractivity contribution in [2.75, 3.05) is 0 Å². The van der Waals surface area contributed by atoms with Crippen LogP contribution in [0.1, 0.15) is 18.5 Å². The van der Waals surface area contributed by atoms with E-state index in [1.54, 1.807) is 13.0 Å². The van der Waals surface area contributed by atoms with E-state index in [-0.39, 0.29) is 27.6 Å². The minimum atomic E-state index is -0.526. The fourth-order valence-corrected chi connectivity index (χ4v) is 2.16. The van der Waals surface area contributed by atoms with Crippen LogP contribution in [0.15, 0.2) is 30.3 Å². The zero-order chi connectivity index (χ0) is 14.9. The first-order valence-corrected chi connectivity index (χ1v) is 6.89. The second-order valence-corrected chi connectivity index (χ2v) is 5.50. The van der Waals surface area contributed by atoms with Crippen molar-refractivity contribution >= 4 is 34.8 Å². The largest absolute Gasteiger partial charge is 0.453 e. The number of rotatable bonds is 3. The van der Waals surface area contributed by atoms with Crippen molar-refractivity contribution in [2.24, 2.45) is 5.73 Å². The van der Waals surface area contributed by atoms with Crippen molar-refractivity contribution in [3.8, 4) is 11.5 Å². The van der Waals surface area contributed by atoms with Crippen LogP contribution in [-0.4, -0.2) is 0 Å². The molecule has 2 N–H and O–H groups in total. The SMILES string of the molecule is C[C@@H](N)c1ccc(Oc2cc(Cl)c(Cl)cc2Cl)c(F)c1. The molecule has 0 fully saturated rings. The lowest BCUT2D eigenvalue weighted by Crippen LogP contribution is -2.05. The van der Waals surface area contributed by atoms with E-state index in [0.29, 0.717) is 10.6 Å². The van der Waals surface area contributed by atoms with E-state index in [0.717, 1.165) is 0 Å². The van der Waals surface area contributed by atoms with Gasteiger partial charge in [-0.25, -0.2) is 4.39 Å². The molecule has 0 saturated carbocycles. The number of nitrogens with two attached hydrogens (primary N) is 1. The molecule has 2 rings (SSSR count). The summed E-state index contributed by atoms with van der Waals surface area (Å²) >= 11 is 17.7. The fraction of sp³-hybridized carbons (Fsp3) is 0.143. The van der Waals surface area contributed by atoms with Gasteiger partial charge in [0, 0.05) is 12.1 Å². The highest BCUT2D eigenvalue weighted by atomic mass is 35.5. The first kappa shape index (κ1) is 15.4. The molecule has 0 aromatic heterocycles. The van der Waals surface area contributed by atoms with Gasteiger partial charge in [-0.15, -0.1) is 0 Å². The molecule has 20 heavy (non-hydrogen) atoms. The number of halogens is 4. The second-order valence-electron chi connectivity index (χ2n) is 4.28. The molecule has 0 unspecified atom stereocenters. The fourth-order valence-electron chi connectivity index (χ4n) is 1.58. The molecule has 0 saturated heterocycles. The van der Waals surface area contributed by atoms with Crippen molar-refractivity contribution in [3.63, 3.8) is 0 Å². The maximum Gasteiger partial charge on any atom is 0.166 e. The number of hydrogen-bond donors (Lipinski definition) is 1. The average molecular weight is 335 g/mol. The van der Waals surface area contributed by atoms with Gasteiger partial charge < -0.3 is 10.5 Å². The summed E-state index contributed by atoms with van der Waals surface area (Å²) in [5.74, 6) is -0.259. The predicted molar refractivity (Wildman–Crippen MR) is 80.5 cm³/mol. The average Bonchev–Trinajstić information content (AvgIpc) is 2.37. The van der Waals surface area contributed by atoms with Crippen molar-refractivity contribution in [3.05, 3.63) is 56.8 Å². The summed E-state index contributed by atoms with van der Waals surface area (Å²) in [6.07, 6.45) is 0. The van der Waals surface area contributed by atoms with Gasteiger partial charge in [-0.05, 0) is 30.7 Å². The van der Waals surface area contributed by atoms with E-state index in [2.05, 4.69) is 0 Å². The van der Waals surface area contributed by atoms with E-state index < -0.39 is 5.82 Å². The van der Waals surface area contributed by atoms with Crippen LogP contribution >= 0.6 is 34.8 Å². The number of benzene rings is 2. The molecule has 106 valence electrons. The molecule has 0 bridgehead atoms. The highest BCUT2D eigenvalue weighted by Gasteiger charge is 2.12. The van der Waals surface area contributed by atoms with E-state index in [9.17, 15) is 4.39 Å². The first-order valence-electron chi connectivity index (χ1n) is 5.76. The van der Waals surface area contributed by atoms with Crippen molar-refractivity contribution in [1.82, 2.24) is 0 Å². The molecule has 0 aliphatic carbocycles. The van der Waals surface area contributed by atoms with Crippen LogP contribution < -0.4 is 10.5 Å². The molecule has 0 amide bonds. The van der Waals surface area contributed by atoms with Crippen molar-refractivity contribution < 1.29 is 9.13 Å². The third-order valence-electron chi connectivity index (χ3n) is 2.68. The number of hydrogen-bond acceptors (Lipinski definition) is 2. The van der Waals surface area contributed by atoms with E-state index in [1.807, 2.05) is 0 Å². The molecule has 0 spiro atoms. The van der Waals surface area contributed by atoms with Gasteiger partial charge in [0.1, 0.15) is 5.75 Å². The molecule has 2 nitrogen and oxygen atoms in total. The monoisotopic (exact) mass is 333 g/mol. The molecular weight excluding hydrogens is 324 g/mol. The van der Waals surface area contributed by atoms with Gasteiger partial charge in [0.25, 0.3) is 0 Å². The van der Waals surface area contributed by atoms with Gasteiger partial charge in [0.2, 0.25) is 0 Å². The maximum atomic E-state index is 13.9. The van der Waals surface area contributed by atoms with Gasteiger partial charge in [-0.1, -0.05) is 40.9 Å². The number of ether oxygens (including phenoxy) is 1. The summed E-state index contributed by atoms with van der Waals surface area (Å²) in [7, 11) is 0. The highest BCUT2D eigenvalue weighted by Crippen LogP contribution is 2.37. The van der Waals surface area contributed by atoms with Crippen LogP contribution in [0.3, 0.4) is 0 Å². The van der Waals surface area contributed by atoms with Gasteiger partial charge in [0.15, 0.2) is 11.6 Å². The zero-order valence-corrected chi connectivity index (χ0v) is 12.7. The van der Waals surface area contributed by atoms with Crippen LogP contribution in [0.25, 0.3) is 0 Å². The Morgan fingerprint density at radius 2 is 1.65 bits per heavy atom. The Bertz CT molecular complexity index is 647. The molecule has 0 aliphatic rings. The molecule has 0 aliphatic heterocycles. The summed E-state index contributed by atoms with van der Waals surface area (Å²) in [6.45, 7) is 1.77. The standard InChI is InChI=1S/C14H11Cl3FNO/c1-7(19)8-2-3-13(12(18)4-8)20-14-6-10(16)9(15)5-11(14)17/h2-7H,19H2,1H3/t7-/m1/s1. The lowest BCUT2D eigenvalue weighted by atomic mass is 10.1. The topological polar surface area (TPSA) is 35.2 Å².